The van der Waals surface area contributed by atoms with Gasteiger partial charge in [0.1, 0.15) is 6.61 Å². The van der Waals surface area contributed by atoms with Gasteiger partial charge in [-0.3, -0.25) is 4.79 Å². The molecular formula is C10H18O3. The summed E-state index contributed by atoms with van der Waals surface area (Å²) in [6.07, 6.45) is 4.87. The van der Waals surface area contributed by atoms with Crippen LogP contribution in [-0.2, 0) is 9.53 Å². The van der Waals surface area contributed by atoms with Gasteiger partial charge in [-0.1, -0.05) is 19.3 Å². The molecule has 1 unspecified atom stereocenters. The molecule has 76 valence electrons. The molecule has 0 aliphatic heterocycles. The monoisotopic (exact) mass is 186 g/mol. The van der Waals surface area contributed by atoms with Gasteiger partial charge in [0.2, 0.25) is 0 Å². The Morgan fingerprint density at radius 1 is 1.46 bits per heavy atom. The third-order valence-corrected chi connectivity index (χ3v) is 2.41. The second-order valence-electron chi connectivity index (χ2n) is 3.81. The van der Waals surface area contributed by atoms with E-state index in [0.717, 1.165) is 25.7 Å². The highest BCUT2D eigenvalue weighted by Crippen LogP contribution is 2.24. The SMILES string of the molecule is CC(O)COC(=O)C1CCCCC1. The molecule has 1 fully saturated rings. The Morgan fingerprint density at radius 3 is 2.62 bits per heavy atom. The van der Waals surface area contributed by atoms with Crippen molar-refractivity contribution in [3.8, 4) is 0 Å². The zero-order valence-corrected chi connectivity index (χ0v) is 8.16. The largest absolute Gasteiger partial charge is 0.463 e. The lowest BCUT2D eigenvalue weighted by atomic mass is 9.89. The maximum absolute atomic E-state index is 11.4. The highest BCUT2D eigenvalue weighted by molar-refractivity contribution is 5.72. The van der Waals surface area contributed by atoms with E-state index in [9.17, 15) is 4.79 Å². The quantitative estimate of drug-likeness (QED) is 0.679. The molecule has 3 nitrogen and oxygen atoms in total. The molecule has 0 saturated heterocycles. The molecule has 0 aromatic heterocycles. The molecule has 13 heavy (non-hydrogen) atoms. The van der Waals surface area contributed by atoms with E-state index in [0.29, 0.717) is 0 Å². The fraction of sp³-hybridized carbons (Fsp3) is 0.900. The number of carbonyl (C=O) groups excluding carboxylic acids is 1. The van der Waals surface area contributed by atoms with E-state index >= 15 is 0 Å². The minimum absolute atomic E-state index is 0.0903. The predicted octanol–water partition coefficient (Wildman–Crippen LogP) is 1.49. The summed E-state index contributed by atoms with van der Waals surface area (Å²) in [6.45, 7) is 1.75. The summed E-state index contributed by atoms with van der Waals surface area (Å²) in [5.74, 6) is -0.0342. The number of aliphatic hydroxyl groups is 1. The standard InChI is InChI=1S/C10H18O3/c1-8(11)7-13-10(12)9-5-3-2-4-6-9/h8-9,11H,2-7H2,1H3. The van der Waals surface area contributed by atoms with Gasteiger partial charge in [0, 0.05) is 0 Å². The molecule has 1 atom stereocenters. The van der Waals surface area contributed by atoms with Crippen molar-refractivity contribution in [1.82, 2.24) is 0 Å². The first-order valence-electron chi connectivity index (χ1n) is 5.05. The highest BCUT2D eigenvalue weighted by Gasteiger charge is 2.22. The number of esters is 1. The Kier molecular flexibility index (Phi) is 4.22. The van der Waals surface area contributed by atoms with Gasteiger partial charge in [0.15, 0.2) is 0 Å². The van der Waals surface area contributed by atoms with Crippen molar-refractivity contribution in [3.63, 3.8) is 0 Å². The van der Waals surface area contributed by atoms with Crippen LogP contribution in [0.1, 0.15) is 39.0 Å². The Morgan fingerprint density at radius 2 is 2.08 bits per heavy atom. The first-order chi connectivity index (χ1) is 6.20. The van der Waals surface area contributed by atoms with E-state index < -0.39 is 6.10 Å². The Bertz CT molecular complexity index is 160. The number of aliphatic hydroxyl groups excluding tert-OH is 1. The van der Waals surface area contributed by atoms with Gasteiger partial charge in [0.05, 0.1) is 12.0 Å². The molecule has 0 radical (unpaired) electrons. The topological polar surface area (TPSA) is 46.5 Å². The van der Waals surface area contributed by atoms with E-state index in [4.69, 9.17) is 9.84 Å². The summed E-state index contributed by atoms with van der Waals surface area (Å²) in [4.78, 5) is 11.4. The summed E-state index contributed by atoms with van der Waals surface area (Å²) in [6, 6.07) is 0. The molecule has 0 aromatic carbocycles. The van der Waals surface area contributed by atoms with Crippen molar-refractivity contribution < 1.29 is 14.6 Å². The van der Waals surface area contributed by atoms with Crippen LogP contribution in [0.25, 0.3) is 0 Å². The van der Waals surface area contributed by atoms with Gasteiger partial charge in [-0.2, -0.15) is 0 Å². The van der Waals surface area contributed by atoms with E-state index in [1.807, 2.05) is 0 Å². The predicted molar refractivity (Wildman–Crippen MR) is 49.2 cm³/mol. The Balaban J connectivity index is 2.21. The van der Waals surface area contributed by atoms with Crippen molar-refractivity contribution in [2.75, 3.05) is 6.61 Å². The maximum Gasteiger partial charge on any atom is 0.309 e. The van der Waals surface area contributed by atoms with Crippen LogP contribution in [0.15, 0.2) is 0 Å². The molecule has 1 aliphatic rings. The Labute approximate surface area is 79.1 Å². The molecule has 0 aromatic rings. The van der Waals surface area contributed by atoms with Crippen LogP contribution in [0.3, 0.4) is 0 Å². The lowest BCUT2D eigenvalue weighted by Gasteiger charge is -2.20. The van der Waals surface area contributed by atoms with Crippen LogP contribution in [0.5, 0.6) is 0 Å². The molecule has 0 spiro atoms. The van der Waals surface area contributed by atoms with Crippen LogP contribution in [0.2, 0.25) is 0 Å². The van der Waals surface area contributed by atoms with Gasteiger partial charge in [-0.15, -0.1) is 0 Å². The van der Waals surface area contributed by atoms with Crippen LogP contribution in [0, 0.1) is 5.92 Å². The third-order valence-electron chi connectivity index (χ3n) is 2.41. The fourth-order valence-electron chi connectivity index (χ4n) is 1.66. The van der Waals surface area contributed by atoms with Crippen molar-refractivity contribution >= 4 is 5.97 Å². The molecule has 0 heterocycles. The van der Waals surface area contributed by atoms with Crippen LogP contribution >= 0.6 is 0 Å². The lowest BCUT2D eigenvalue weighted by molar-refractivity contribution is -0.152. The van der Waals surface area contributed by atoms with Crippen LogP contribution in [0.4, 0.5) is 0 Å². The zero-order valence-electron chi connectivity index (χ0n) is 8.16. The first-order valence-corrected chi connectivity index (χ1v) is 5.05. The number of hydrogen-bond donors (Lipinski definition) is 1. The Hall–Kier alpha value is -0.570. The average Bonchev–Trinajstić information content (AvgIpc) is 2.15. The van der Waals surface area contributed by atoms with Crippen LogP contribution < -0.4 is 0 Å². The molecule has 3 heteroatoms. The van der Waals surface area contributed by atoms with E-state index in [-0.39, 0.29) is 18.5 Å². The van der Waals surface area contributed by atoms with E-state index in [1.54, 1.807) is 6.92 Å². The molecule has 1 rings (SSSR count). The molecular weight excluding hydrogens is 168 g/mol. The second-order valence-corrected chi connectivity index (χ2v) is 3.81. The summed E-state index contributed by atoms with van der Waals surface area (Å²) in [7, 11) is 0. The molecule has 1 N–H and O–H groups in total. The number of hydrogen-bond acceptors (Lipinski definition) is 3. The number of rotatable bonds is 3. The maximum atomic E-state index is 11.4. The number of ether oxygens (including phenoxy) is 1. The van der Waals surface area contributed by atoms with Gasteiger partial charge >= 0.3 is 5.97 Å². The molecule has 0 bridgehead atoms. The molecule has 0 amide bonds. The lowest BCUT2D eigenvalue weighted by Crippen LogP contribution is -2.23. The number of carbonyl (C=O) groups is 1. The minimum atomic E-state index is -0.549. The third kappa shape index (κ3) is 3.77. The summed E-state index contributed by atoms with van der Waals surface area (Å²) in [5, 5.41) is 8.92. The van der Waals surface area contributed by atoms with Crippen LogP contribution in [-0.4, -0.2) is 23.8 Å². The van der Waals surface area contributed by atoms with Crippen molar-refractivity contribution in [1.29, 1.82) is 0 Å². The summed E-state index contributed by atoms with van der Waals surface area (Å²) < 4.78 is 4.95. The van der Waals surface area contributed by atoms with Crippen molar-refractivity contribution in [3.05, 3.63) is 0 Å². The van der Waals surface area contributed by atoms with Gasteiger partial charge in [-0.25, -0.2) is 0 Å². The van der Waals surface area contributed by atoms with E-state index in [2.05, 4.69) is 0 Å². The minimum Gasteiger partial charge on any atom is -0.463 e. The second kappa shape index (κ2) is 5.22. The molecule has 1 aliphatic carbocycles. The van der Waals surface area contributed by atoms with Gasteiger partial charge in [-0.05, 0) is 19.8 Å². The highest BCUT2D eigenvalue weighted by atomic mass is 16.5. The summed E-state index contributed by atoms with van der Waals surface area (Å²) >= 11 is 0. The van der Waals surface area contributed by atoms with Gasteiger partial charge < -0.3 is 9.84 Å². The van der Waals surface area contributed by atoms with Gasteiger partial charge in [0.25, 0.3) is 0 Å². The first kappa shape index (κ1) is 10.5. The average molecular weight is 186 g/mol. The molecule has 1 saturated carbocycles. The normalized spacial score (nSPS) is 21.1. The van der Waals surface area contributed by atoms with E-state index in [1.165, 1.54) is 6.42 Å². The van der Waals surface area contributed by atoms with Crippen molar-refractivity contribution in [2.45, 2.75) is 45.1 Å². The fourth-order valence-corrected chi connectivity index (χ4v) is 1.66. The van der Waals surface area contributed by atoms with Crippen molar-refractivity contribution in [2.24, 2.45) is 5.92 Å². The smallest absolute Gasteiger partial charge is 0.309 e. The summed E-state index contributed by atoms with van der Waals surface area (Å²) in [5.41, 5.74) is 0. The zero-order chi connectivity index (χ0) is 9.68.